The quantitative estimate of drug-likeness (QED) is 0.631. The molecule has 7 heteroatoms. The number of benzene rings is 1. The smallest absolute Gasteiger partial charge is 0.274 e. The Bertz CT molecular complexity index is 492. The topological polar surface area (TPSA) is 75.5 Å². The van der Waals surface area contributed by atoms with Gasteiger partial charge in [-0.25, -0.2) is 4.39 Å². The minimum absolute atomic E-state index is 0.0663. The van der Waals surface area contributed by atoms with Gasteiger partial charge in [0.25, 0.3) is 5.69 Å². The molecule has 1 aromatic carbocycles. The summed E-state index contributed by atoms with van der Waals surface area (Å²) in [5.74, 6) is -0.717. The fourth-order valence-electron chi connectivity index (χ4n) is 1.87. The van der Waals surface area contributed by atoms with E-state index in [-0.39, 0.29) is 11.6 Å². The Labute approximate surface area is 103 Å². The highest BCUT2D eigenvalue weighted by Gasteiger charge is 2.17. The predicted octanol–water partition coefficient (Wildman–Crippen LogP) is 1.06. The number of hydrogen-bond acceptors (Lipinski definition) is 4. The Morgan fingerprint density at radius 1 is 1.33 bits per heavy atom. The Morgan fingerprint density at radius 3 is 2.83 bits per heavy atom. The molecule has 0 saturated carbocycles. The van der Waals surface area contributed by atoms with Crippen molar-refractivity contribution in [2.45, 2.75) is 6.42 Å². The highest BCUT2D eigenvalue weighted by molar-refractivity contribution is 5.77. The summed E-state index contributed by atoms with van der Waals surface area (Å²) in [4.78, 5) is 23.0. The van der Waals surface area contributed by atoms with Crippen LogP contribution in [0.2, 0.25) is 0 Å². The van der Waals surface area contributed by atoms with Crippen LogP contribution < -0.4 is 10.2 Å². The van der Waals surface area contributed by atoms with Crippen LogP contribution >= 0.6 is 0 Å². The van der Waals surface area contributed by atoms with E-state index < -0.39 is 10.7 Å². The Morgan fingerprint density at radius 2 is 2.11 bits per heavy atom. The number of nitro benzene ring substituents is 1. The van der Waals surface area contributed by atoms with Gasteiger partial charge < -0.3 is 10.2 Å². The van der Waals surface area contributed by atoms with Crippen LogP contribution in [-0.4, -0.2) is 30.5 Å². The first-order chi connectivity index (χ1) is 8.56. The van der Waals surface area contributed by atoms with Crippen molar-refractivity contribution in [2.24, 2.45) is 0 Å². The molecule has 1 saturated heterocycles. The molecule has 1 heterocycles. The SMILES string of the molecule is O=C1CCN(c2cc(F)cc([N+](=O)[O-])c2)CCN1. The van der Waals surface area contributed by atoms with Crippen LogP contribution in [0.25, 0.3) is 0 Å². The summed E-state index contributed by atoms with van der Waals surface area (Å²) in [6, 6.07) is 3.44. The Kier molecular flexibility index (Phi) is 3.40. The van der Waals surface area contributed by atoms with Crippen LogP contribution in [0.4, 0.5) is 15.8 Å². The van der Waals surface area contributed by atoms with Crippen molar-refractivity contribution in [3.8, 4) is 0 Å². The summed E-state index contributed by atoms with van der Waals surface area (Å²) >= 11 is 0. The molecular weight excluding hydrogens is 241 g/mol. The van der Waals surface area contributed by atoms with Gasteiger partial charge in [-0.15, -0.1) is 0 Å². The molecule has 0 radical (unpaired) electrons. The summed E-state index contributed by atoms with van der Waals surface area (Å²) in [5.41, 5.74) is 0.145. The van der Waals surface area contributed by atoms with Crippen molar-refractivity contribution < 1.29 is 14.1 Å². The second-order valence-corrected chi connectivity index (χ2v) is 4.01. The molecule has 1 amide bonds. The third-order valence-corrected chi connectivity index (χ3v) is 2.76. The summed E-state index contributed by atoms with van der Waals surface area (Å²) in [5, 5.41) is 13.4. The second kappa shape index (κ2) is 4.99. The molecule has 0 bridgehead atoms. The van der Waals surface area contributed by atoms with E-state index in [1.807, 2.05) is 0 Å². The molecule has 0 aromatic heterocycles. The van der Waals surface area contributed by atoms with Gasteiger partial charge >= 0.3 is 0 Å². The van der Waals surface area contributed by atoms with Gasteiger partial charge in [-0.3, -0.25) is 14.9 Å². The van der Waals surface area contributed by atoms with Crippen molar-refractivity contribution >= 4 is 17.3 Å². The first-order valence-electron chi connectivity index (χ1n) is 5.53. The number of carbonyl (C=O) groups excluding carboxylic acids is 1. The monoisotopic (exact) mass is 253 g/mol. The minimum Gasteiger partial charge on any atom is -0.369 e. The van der Waals surface area contributed by atoms with Crippen molar-refractivity contribution in [1.29, 1.82) is 0 Å². The number of hydrogen-bond donors (Lipinski definition) is 1. The Balaban J connectivity index is 2.26. The molecule has 1 aliphatic heterocycles. The van der Waals surface area contributed by atoms with E-state index >= 15 is 0 Å². The minimum atomic E-state index is -0.650. The molecule has 6 nitrogen and oxygen atoms in total. The summed E-state index contributed by atoms with van der Waals surface area (Å²) < 4.78 is 13.3. The van der Waals surface area contributed by atoms with Crippen LogP contribution in [0.5, 0.6) is 0 Å². The van der Waals surface area contributed by atoms with E-state index in [2.05, 4.69) is 5.32 Å². The molecule has 0 aliphatic carbocycles. The molecule has 1 aliphatic rings. The van der Waals surface area contributed by atoms with Crippen molar-refractivity contribution in [3.05, 3.63) is 34.1 Å². The zero-order chi connectivity index (χ0) is 13.1. The molecule has 2 rings (SSSR count). The number of non-ortho nitro benzene ring substituents is 1. The van der Waals surface area contributed by atoms with Gasteiger partial charge in [0.2, 0.25) is 5.91 Å². The van der Waals surface area contributed by atoms with Gasteiger partial charge in [0.1, 0.15) is 5.82 Å². The highest BCUT2D eigenvalue weighted by atomic mass is 19.1. The van der Waals surface area contributed by atoms with Gasteiger partial charge in [0.05, 0.1) is 11.0 Å². The molecule has 1 fully saturated rings. The van der Waals surface area contributed by atoms with Crippen LogP contribution in [0, 0.1) is 15.9 Å². The van der Waals surface area contributed by atoms with Crippen LogP contribution in [0.15, 0.2) is 18.2 Å². The van der Waals surface area contributed by atoms with Gasteiger partial charge in [-0.1, -0.05) is 0 Å². The maximum absolute atomic E-state index is 13.3. The number of rotatable bonds is 2. The number of carbonyl (C=O) groups is 1. The predicted molar refractivity (Wildman–Crippen MR) is 62.9 cm³/mol. The summed E-state index contributed by atoms with van der Waals surface area (Å²) in [6.07, 6.45) is 0.296. The number of amides is 1. The van der Waals surface area contributed by atoms with Crippen molar-refractivity contribution in [1.82, 2.24) is 5.32 Å². The first kappa shape index (κ1) is 12.3. The fraction of sp³-hybridized carbons (Fsp3) is 0.364. The molecular formula is C11H12FN3O3. The second-order valence-electron chi connectivity index (χ2n) is 4.01. The summed E-state index contributed by atoms with van der Waals surface area (Å²) in [7, 11) is 0. The van der Waals surface area contributed by atoms with Gasteiger partial charge in [-0.05, 0) is 6.07 Å². The molecule has 96 valence electrons. The average molecular weight is 253 g/mol. The van der Waals surface area contributed by atoms with Gasteiger partial charge in [0, 0.05) is 37.8 Å². The van der Waals surface area contributed by atoms with E-state index in [4.69, 9.17) is 0 Å². The van der Waals surface area contributed by atoms with Crippen molar-refractivity contribution in [2.75, 3.05) is 24.5 Å². The largest absolute Gasteiger partial charge is 0.369 e. The molecule has 1 aromatic rings. The van der Waals surface area contributed by atoms with Crippen LogP contribution in [0.1, 0.15) is 6.42 Å². The lowest BCUT2D eigenvalue weighted by Crippen LogP contribution is -2.28. The normalized spacial score (nSPS) is 16.1. The Hall–Kier alpha value is -2.18. The zero-order valence-electron chi connectivity index (χ0n) is 9.56. The maximum atomic E-state index is 13.3. The van der Waals surface area contributed by atoms with E-state index in [1.54, 1.807) is 4.90 Å². The number of anilines is 1. The summed E-state index contributed by atoms with van der Waals surface area (Å²) in [6.45, 7) is 1.38. The first-order valence-corrected chi connectivity index (χ1v) is 5.53. The lowest BCUT2D eigenvalue weighted by molar-refractivity contribution is -0.385. The molecule has 0 spiro atoms. The number of nitro groups is 1. The third-order valence-electron chi connectivity index (χ3n) is 2.76. The molecule has 1 N–H and O–H groups in total. The lowest BCUT2D eigenvalue weighted by atomic mass is 10.2. The van der Waals surface area contributed by atoms with Crippen LogP contribution in [0.3, 0.4) is 0 Å². The van der Waals surface area contributed by atoms with Gasteiger partial charge in [0.15, 0.2) is 0 Å². The third kappa shape index (κ3) is 2.73. The van der Waals surface area contributed by atoms with E-state index in [0.717, 1.165) is 6.07 Å². The van der Waals surface area contributed by atoms with E-state index in [1.165, 1.54) is 12.1 Å². The maximum Gasteiger partial charge on any atom is 0.274 e. The number of nitrogens with zero attached hydrogens (tertiary/aromatic N) is 2. The number of halogens is 1. The fourth-order valence-corrected chi connectivity index (χ4v) is 1.87. The molecule has 18 heavy (non-hydrogen) atoms. The van der Waals surface area contributed by atoms with Crippen molar-refractivity contribution in [3.63, 3.8) is 0 Å². The van der Waals surface area contributed by atoms with E-state index in [9.17, 15) is 19.3 Å². The van der Waals surface area contributed by atoms with Crippen LogP contribution in [-0.2, 0) is 4.79 Å². The molecule has 0 unspecified atom stereocenters. The standard InChI is InChI=1S/C11H12FN3O3/c12-8-5-9(7-10(6-8)15(17)18)14-3-1-11(16)13-2-4-14/h5-7H,1-4H2,(H,13,16). The lowest BCUT2D eigenvalue weighted by Gasteiger charge is -2.21. The van der Waals surface area contributed by atoms with Gasteiger partial charge in [-0.2, -0.15) is 0 Å². The zero-order valence-corrected chi connectivity index (χ0v) is 9.56. The van der Waals surface area contributed by atoms with E-state index in [0.29, 0.717) is 31.7 Å². The highest BCUT2D eigenvalue weighted by Crippen LogP contribution is 2.23. The molecule has 0 atom stereocenters. The number of nitrogens with one attached hydrogen (secondary N) is 1. The average Bonchev–Trinajstić information content (AvgIpc) is 2.53.